The summed E-state index contributed by atoms with van der Waals surface area (Å²) in [5.41, 5.74) is 0.270. The van der Waals surface area contributed by atoms with Crippen molar-refractivity contribution < 1.29 is 18.0 Å². The number of hydrogen-bond acceptors (Lipinski definition) is 7. The molecule has 0 N–H and O–H groups in total. The lowest BCUT2D eigenvalue weighted by atomic mass is 9.96. The Hall–Kier alpha value is -2.79. The van der Waals surface area contributed by atoms with Crippen LogP contribution in [-0.4, -0.2) is 56.9 Å². The van der Waals surface area contributed by atoms with Crippen LogP contribution in [0.15, 0.2) is 35.1 Å². The van der Waals surface area contributed by atoms with Gasteiger partial charge in [0.05, 0.1) is 6.04 Å². The Morgan fingerprint density at radius 3 is 2.46 bits per heavy atom. The van der Waals surface area contributed by atoms with Gasteiger partial charge in [0.2, 0.25) is 5.82 Å². The second kappa shape index (κ2) is 11.4. The lowest BCUT2D eigenvalue weighted by Gasteiger charge is -2.35. The first-order valence-corrected chi connectivity index (χ1v) is 14.5. The van der Waals surface area contributed by atoms with Gasteiger partial charge in [0, 0.05) is 25.6 Å². The van der Waals surface area contributed by atoms with Crippen molar-refractivity contribution >= 4 is 32.6 Å². The molecule has 2 saturated heterocycles. The first-order chi connectivity index (χ1) is 18.6. The smallest absolute Gasteiger partial charge is 0.338 e. The van der Waals surface area contributed by atoms with E-state index < -0.39 is 23.6 Å². The zero-order valence-corrected chi connectivity index (χ0v) is 23.1. The summed E-state index contributed by atoms with van der Waals surface area (Å²) >= 11 is 0.964. The lowest BCUT2D eigenvalue weighted by Crippen LogP contribution is -2.41. The van der Waals surface area contributed by atoms with Crippen LogP contribution < -0.4 is 10.5 Å². The van der Waals surface area contributed by atoms with Gasteiger partial charge in [-0.3, -0.25) is 14.2 Å². The third-order valence-electron chi connectivity index (χ3n) is 7.96. The molecule has 0 radical (unpaired) electrons. The van der Waals surface area contributed by atoms with Crippen molar-refractivity contribution in [2.75, 3.05) is 24.5 Å². The van der Waals surface area contributed by atoms with Crippen LogP contribution in [0.2, 0.25) is 0 Å². The van der Waals surface area contributed by atoms with Crippen LogP contribution in [0.3, 0.4) is 0 Å². The van der Waals surface area contributed by atoms with E-state index >= 15 is 0 Å². The summed E-state index contributed by atoms with van der Waals surface area (Å²) in [7, 11) is 0. The molecule has 0 saturated carbocycles. The number of piperidine rings is 1. The molecule has 4 heterocycles. The molecule has 2 fully saturated rings. The largest absolute Gasteiger partial charge is 0.449 e. The van der Waals surface area contributed by atoms with Crippen LogP contribution in [-0.2, 0) is 23.9 Å². The molecule has 11 heteroatoms. The number of Topliss-reactive ketones (excluding diaryl/α,β-unsaturated/α-hetero) is 1. The van der Waals surface area contributed by atoms with Gasteiger partial charge in [0.15, 0.2) is 21.3 Å². The molecule has 1 atom stereocenters. The Balaban J connectivity index is 1.39. The van der Waals surface area contributed by atoms with Gasteiger partial charge in [-0.1, -0.05) is 41.7 Å². The monoisotopic (exact) mass is 561 g/mol. The van der Waals surface area contributed by atoms with Crippen molar-refractivity contribution in [3.05, 3.63) is 52.1 Å². The Morgan fingerprint density at radius 1 is 1.08 bits per heavy atom. The Labute approximate surface area is 229 Å². The summed E-state index contributed by atoms with van der Waals surface area (Å²) in [4.78, 5) is 39.0. The molecule has 0 aliphatic carbocycles. The molecule has 3 aromatic rings. The number of benzene rings is 1. The van der Waals surface area contributed by atoms with Gasteiger partial charge >= 0.3 is 6.18 Å². The average molecular weight is 562 g/mol. The molecule has 5 rings (SSSR count). The van der Waals surface area contributed by atoms with E-state index in [2.05, 4.69) is 28.7 Å². The minimum atomic E-state index is -4.76. The molecule has 0 bridgehead atoms. The van der Waals surface area contributed by atoms with Crippen molar-refractivity contribution in [2.45, 2.75) is 77.2 Å². The van der Waals surface area contributed by atoms with E-state index in [0.29, 0.717) is 37.0 Å². The second-order valence-corrected chi connectivity index (χ2v) is 11.8. The third-order valence-corrected chi connectivity index (χ3v) is 8.94. The van der Waals surface area contributed by atoms with Crippen molar-refractivity contribution in [2.24, 2.45) is 5.92 Å². The van der Waals surface area contributed by atoms with Gasteiger partial charge in [0.25, 0.3) is 5.56 Å². The molecule has 2 aliphatic heterocycles. The number of carbonyl (C=O) groups is 1. The number of likely N-dealkylation sites (tertiary alicyclic amines) is 1. The summed E-state index contributed by atoms with van der Waals surface area (Å²) in [6, 6.07) is 9.75. The van der Waals surface area contributed by atoms with Crippen LogP contribution in [0, 0.1) is 5.92 Å². The highest BCUT2D eigenvalue weighted by atomic mass is 32.1. The highest BCUT2D eigenvalue weighted by molar-refractivity contribution is 7.21. The number of anilines is 1. The maximum Gasteiger partial charge on any atom is 0.449 e. The molecule has 0 unspecified atom stereocenters. The number of rotatable bonds is 8. The number of hydrogen-bond donors (Lipinski definition) is 0. The quantitative estimate of drug-likeness (QED) is 0.378. The summed E-state index contributed by atoms with van der Waals surface area (Å²) in [6.45, 7) is 6.33. The zero-order chi connectivity index (χ0) is 27.7. The molecular formula is C28H34F3N5O2S. The molecule has 1 aromatic carbocycles. The number of ketones is 1. The van der Waals surface area contributed by atoms with Crippen molar-refractivity contribution in [1.82, 2.24) is 19.4 Å². The van der Waals surface area contributed by atoms with Crippen LogP contribution >= 0.6 is 11.3 Å². The predicted molar refractivity (Wildman–Crippen MR) is 146 cm³/mol. The highest BCUT2D eigenvalue weighted by Gasteiger charge is 2.39. The van der Waals surface area contributed by atoms with E-state index in [1.54, 1.807) is 0 Å². The van der Waals surface area contributed by atoms with Crippen molar-refractivity contribution in [3.63, 3.8) is 0 Å². The number of aryl methyl sites for hydroxylation is 1. The fourth-order valence-corrected chi connectivity index (χ4v) is 6.73. The standard InChI is InChI=1S/C28H34F3N5O2S/c1-18(2)34-15-12-20(13-16-34)17-36-25(38)23-24(33-26(36)28(29,30)31)39-27(32-23)35-14-6-9-21(35)22(37)11-10-19-7-4-3-5-8-19/h3-5,7-8,18,20-21H,6,9-17H2,1-2H3/t21-/m1/s1. The van der Waals surface area contributed by atoms with E-state index in [0.717, 1.165) is 53.8 Å². The molecule has 2 aliphatic rings. The Morgan fingerprint density at radius 2 is 1.79 bits per heavy atom. The lowest BCUT2D eigenvalue weighted by molar-refractivity contribution is -0.148. The normalized spacial score (nSPS) is 19.4. The summed E-state index contributed by atoms with van der Waals surface area (Å²) in [6.07, 6.45) is -0.885. The zero-order valence-electron chi connectivity index (χ0n) is 22.3. The highest BCUT2D eigenvalue weighted by Crippen LogP contribution is 2.35. The van der Waals surface area contributed by atoms with E-state index in [4.69, 9.17) is 0 Å². The average Bonchev–Trinajstić information content (AvgIpc) is 3.57. The first kappa shape index (κ1) is 27.8. The molecule has 210 valence electrons. The molecule has 2 aromatic heterocycles. The second-order valence-electron chi connectivity index (χ2n) is 10.9. The summed E-state index contributed by atoms with van der Waals surface area (Å²) in [5.74, 6) is -1.13. The SMILES string of the molecule is CC(C)N1CCC(Cn2c(C(F)(F)F)nc3sc(N4CCC[C@@H]4C(=O)CCc4ccccc4)nc3c2=O)CC1. The van der Waals surface area contributed by atoms with E-state index in [9.17, 15) is 22.8 Å². The predicted octanol–water partition coefficient (Wildman–Crippen LogP) is 5.16. The number of aromatic nitrogens is 3. The van der Waals surface area contributed by atoms with E-state index in [1.807, 2.05) is 35.2 Å². The number of fused-ring (bicyclic) bond motifs is 1. The van der Waals surface area contributed by atoms with Crippen LogP contribution in [0.25, 0.3) is 10.3 Å². The summed E-state index contributed by atoms with van der Waals surface area (Å²) in [5, 5.41) is 0.390. The molecule has 7 nitrogen and oxygen atoms in total. The maximum atomic E-state index is 14.1. The number of halogens is 3. The van der Waals surface area contributed by atoms with Crippen molar-refractivity contribution in [3.8, 4) is 0 Å². The van der Waals surface area contributed by atoms with Crippen LogP contribution in [0.5, 0.6) is 0 Å². The molecule has 0 spiro atoms. The van der Waals surface area contributed by atoms with Crippen LogP contribution in [0.1, 0.15) is 57.3 Å². The fourth-order valence-electron chi connectivity index (χ4n) is 5.72. The summed E-state index contributed by atoms with van der Waals surface area (Å²) < 4.78 is 43.0. The first-order valence-electron chi connectivity index (χ1n) is 13.7. The van der Waals surface area contributed by atoms with E-state index in [1.165, 1.54) is 0 Å². The fraction of sp³-hybridized carbons (Fsp3) is 0.571. The molecule has 0 amide bonds. The molecular weight excluding hydrogens is 527 g/mol. The Kier molecular flexibility index (Phi) is 8.09. The van der Waals surface area contributed by atoms with Gasteiger partial charge in [-0.15, -0.1) is 0 Å². The third kappa shape index (κ3) is 6.04. The van der Waals surface area contributed by atoms with E-state index in [-0.39, 0.29) is 28.6 Å². The number of alkyl halides is 3. The number of carbonyl (C=O) groups excluding carboxylic acids is 1. The van der Waals surface area contributed by atoms with Gasteiger partial charge < -0.3 is 9.80 Å². The van der Waals surface area contributed by atoms with Gasteiger partial charge in [0.1, 0.15) is 0 Å². The minimum absolute atomic E-state index is 0.0281. The maximum absolute atomic E-state index is 14.1. The Bertz CT molecular complexity index is 1360. The molecule has 39 heavy (non-hydrogen) atoms. The van der Waals surface area contributed by atoms with Crippen molar-refractivity contribution in [1.29, 1.82) is 0 Å². The van der Waals surface area contributed by atoms with Gasteiger partial charge in [-0.2, -0.15) is 13.2 Å². The van der Waals surface area contributed by atoms with Crippen LogP contribution in [0.4, 0.5) is 18.3 Å². The number of nitrogens with zero attached hydrogens (tertiary/aromatic N) is 5. The topological polar surface area (TPSA) is 71.3 Å². The minimum Gasteiger partial charge on any atom is -0.338 e. The van der Waals surface area contributed by atoms with Gasteiger partial charge in [-0.05, 0) is 70.5 Å². The van der Waals surface area contributed by atoms with Gasteiger partial charge in [-0.25, -0.2) is 9.97 Å². The number of thiazole rings is 1.